The van der Waals surface area contributed by atoms with Crippen LogP contribution in [0.25, 0.3) is 5.65 Å². The van der Waals surface area contributed by atoms with Crippen LogP contribution in [0.5, 0.6) is 0 Å². The molecule has 0 fully saturated rings. The Balaban J connectivity index is 1.87. The molecule has 0 radical (unpaired) electrons. The second kappa shape index (κ2) is 5.54. The molecule has 21 heavy (non-hydrogen) atoms. The number of rotatable bonds is 4. The smallest absolute Gasteiger partial charge is 0.322 e. The van der Waals surface area contributed by atoms with Crippen LogP contribution in [0.15, 0.2) is 53.5 Å². The summed E-state index contributed by atoms with van der Waals surface area (Å²) >= 11 is 0. The van der Waals surface area contributed by atoms with Gasteiger partial charge >= 0.3 is 5.69 Å². The van der Waals surface area contributed by atoms with E-state index in [2.05, 4.69) is 24.2 Å². The molecular weight excluding hydrogens is 264 g/mol. The van der Waals surface area contributed by atoms with Crippen LogP contribution in [0, 0.1) is 0 Å². The molecule has 2 heterocycles. The van der Waals surface area contributed by atoms with Crippen molar-refractivity contribution >= 4 is 5.65 Å². The average molecular weight is 282 g/mol. The molecule has 0 spiro atoms. The Kier molecular flexibility index (Phi) is 3.58. The summed E-state index contributed by atoms with van der Waals surface area (Å²) in [5, 5.41) is 4.30. The Hall–Kier alpha value is -2.40. The van der Waals surface area contributed by atoms with E-state index in [4.69, 9.17) is 5.73 Å². The molecule has 5 heteroatoms. The fourth-order valence-electron chi connectivity index (χ4n) is 2.38. The number of hydrogen-bond acceptors (Lipinski definition) is 3. The van der Waals surface area contributed by atoms with Gasteiger partial charge in [0, 0.05) is 12.2 Å². The van der Waals surface area contributed by atoms with E-state index in [-0.39, 0.29) is 11.7 Å². The van der Waals surface area contributed by atoms with Gasteiger partial charge in [0.15, 0.2) is 5.65 Å². The first-order valence-corrected chi connectivity index (χ1v) is 7.07. The van der Waals surface area contributed by atoms with Crippen molar-refractivity contribution in [2.75, 3.05) is 0 Å². The normalized spacial score (nSPS) is 12.7. The van der Waals surface area contributed by atoms with Gasteiger partial charge in [0.1, 0.15) is 0 Å². The number of nitrogens with zero attached hydrogens (tertiary/aromatic N) is 3. The number of nitrogens with two attached hydrogens (primary N) is 1. The van der Waals surface area contributed by atoms with E-state index < -0.39 is 0 Å². The van der Waals surface area contributed by atoms with Crippen molar-refractivity contribution in [1.29, 1.82) is 0 Å². The number of fused-ring (bicyclic) bond motifs is 1. The van der Waals surface area contributed by atoms with Gasteiger partial charge in [-0.3, -0.25) is 4.40 Å². The Bertz CT molecular complexity index is 801. The predicted octanol–water partition coefficient (Wildman–Crippen LogP) is 1.76. The third kappa shape index (κ3) is 2.60. The lowest BCUT2D eigenvalue weighted by atomic mass is 10.0. The lowest BCUT2D eigenvalue weighted by molar-refractivity contribution is 0.513. The summed E-state index contributed by atoms with van der Waals surface area (Å²) in [6, 6.07) is 13.4. The molecule has 0 saturated heterocycles. The van der Waals surface area contributed by atoms with Gasteiger partial charge < -0.3 is 5.73 Å². The third-order valence-electron chi connectivity index (χ3n) is 3.67. The minimum Gasteiger partial charge on any atom is -0.322 e. The highest BCUT2D eigenvalue weighted by Gasteiger charge is 2.11. The summed E-state index contributed by atoms with van der Waals surface area (Å²) in [7, 11) is 0. The van der Waals surface area contributed by atoms with Gasteiger partial charge in [-0.05, 0) is 29.7 Å². The number of hydrogen-bond donors (Lipinski definition) is 1. The molecule has 0 amide bonds. The molecule has 0 saturated carbocycles. The number of benzene rings is 1. The maximum atomic E-state index is 12.2. The molecule has 3 rings (SSSR count). The highest BCUT2D eigenvalue weighted by atomic mass is 16.2. The van der Waals surface area contributed by atoms with Gasteiger partial charge in [-0.15, -0.1) is 5.10 Å². The maximum Gasteiger partial charge on any atom is 0.350 e. The Morgan fingerprint density at radius 3 is 2.62 bits per heavy atom. The number of aromatic nitrogens is 3. The first-order valence-electron chi connectivity index (χ1n) is 7.07. The number of pyridine rings is 1. The van der Waals surface area contributed by atoms with E-state index in [1.54, 1.807) is 12.3 Å². The van der Waals surface area contributed by atoms with Crippen LogP contribution in [0.1, 0.15) is 24.1 Å². The highest BCUT2D eigenvalue weighted by molar-refractivity contribution is 5.35. The monoisotopic (exact) mass is 282 g/mol. The molecule has 1 atom stereocenters. The highest BCUT2D eigenvalue weighted by Crippen LogP contribution is 2.13. The van der Waals surface area contributed by atoms with Crippen LogP contribution in [0.2, 0.25) is 0 Å². The number of aryl methyl sites for hydroxylation is 1. The quantitative estimate of drug-likeness (QED) is 0.793. The fourth-order valence-corrected chi connectivity index (χ4v) is 2.38. The van der Waals surface area contributed by atoms with Crippen molar-refractivity contribution in [3.63, 3.8) is 0 Å². The van der Waals surface area contributed by atoms with Crippen molar-refractivity contribution in [2.45, 2.75) is 25.9 Å². The molecule has 1 aromatic carbocycles. The van der Waals surface area contributed by atoms with E-state index >= 15 is 0 Å². The second-order valence-electron chi connectivity index (χ2n) is 5.10. The first-order chi connectivity index (χ1) is 10.2. The molecule has 0 aliphatic rings. The van der Waals surface area contributed by atoms with Gasteiger partial charge in [0.05, 0.1) is 6.54 Å². The second-order valence-corrected chi connectivity index (χ2v) is 5.10. The van der Waals surface area contributed by atoms with Crippen molar-refractivity contribution in [1.82, 2.24) is 14.2 Å². The molecule has 108 valence electrons. The molecule has 2 N–H and O–H groups in total. The van der Waals surface area contributed by atoms with Crippen LogP contribution in [0.4, 0.5) is 0 Å². The third-order valence-corrected chi connectivity index (χ3v) is 3.67. The summed E-state index contributed by atoms with van der Waals surface area (Å²) < 4.78 is 2.95. The molecule has 5 nitrogen and oxygen atoms in total. The van der Waals surface area contributed by atoms with Crippen LogP contribution >= 0.6 is 0 Å². The Morgan fingerprint density at radius 2 is 1.95 bits per heavy atom. The van der Waals surface area contributed by atoms with Crippen molar-refractivity contribution in [2.24, 2.45) is 5.73 Å². The summed E-state index contributed by atoms with van der Waals surface area (Å²) in [5.74, 6) is 0. The molecule has 1 unspecified atom stereocenters. The minimum absolute atomic E-state index is 0.161. The zero-order chi connectivity index (χ0) is 14.8. The van der Waals surface area contributed by atoms with Crippen molar-refractivity contribution < 1.29 is 0 Å². The zero-order valence-corrected chi connectivity index (χ0v) is 11.9. The van der Waals surface area contributed by atoms with E-state index in [0.717, 1.165) is 12.0 Å². The maximum absolute atomic E-state index is 12.2. The molecular formula is C16H18N4O. The van der Waals surface area contributed by atoms with E-state index in [9.17, 15) is 4.79 Å². The fraction of sp³-hybridized carbons (Fsp3) is 0.250. The van der Waals surface area contributed by atoms with Crippen LogP contribution in [0.3, 0.4) is 0 Å². The van der Waals surface area contributed by atoms with Crippen LogP contribution in [-0.4, -0.2) is 14.2 Å². The molecule has 0 aliphatic heterocycles. The SMILES string of the molecule is CCc1ccc(C(N)Cn2nc3ccccn3c2=O)cc1. The lowest BCUT2D eigenvalue weighted by Gasteiger charge is -2.11. The van der Waals surface area contributed by atoms with E-state index in [0.29, 0.717) is 12.2 Å². The van der Waals surface area contributed by atoms with Crippen molar-refractivity contribution in [3.8, 4) is 0 Å². The van der Waals surface area contributed by atoms with Gasteiger partial charge in [-0.2, -0.15) is 0 Å². The van der Waals surface area contributed by atoms with E-state index in [1.807, 2.05) is 24.3 Å². The van der Waals surface area contributed by atoms with Gasteiger partial charge in [0.2, 0.25) is 0 Å². The van der Waals surface area contributed by atoms with Crippen LogP contribution in [-0.2, 0) is 13.0 Å². The summed E-state index contributed by atoms with van der Waals surface area (Å²) in [5.41, 5.74) is 8.96. The Morgan fingerprint density at radius 1 is 1.19 bits per heavy atom. The van der Waals surface area contributed by atoms with Crippen LogP contribution < -0.4 is 11.4 Å². The summed E-state index contributed by atoms with van der Waals surface area (Å²) in [4.78, 5) is 12.2. The first kappa shape index (κ1) is 13.6. The predicted molar refractivity (Wildman–Crippen MR) is 82.2 cm³/mol. The van der Waals surface area contributed by atoms with Gasteiger partial charge in [-0.1, -0.05) is 37.3 Å². The molecule has 3 aromatic rings. The Labute approximate surface area is 122 Å². The van der Waals surface area contributed by atoms with E-state index in [1.165, 1.54) is 14.6 Å². The topological polar surface area (TPSA) is 65.3 Å². The van der Waals surface area contributed by atoms with Gasteiger partial charge in [0.25, 0.3) is 0 Å². The molecule has 2 aromatic heterocycles. The standard InChI is InChI=1S/C16H18N4O/c1-2-12-6-8-13(9-7-12)14(17)11-20-16(21)19-10-4-3-5-15(19)18-20/h3-10,14H,2,11,17H2,1H3. The average Bonchev–Trinajstić information content (AvgIpc) is 2.84. The zero-order valence-electron chi connectivity index (χ0n) is 11.9. The molecule has 0 aliphatic carbocycles. The lowest BCUT2D eigenvalue weighted by Crippen LogP contribution is -2.27. The molecule has 0 bridgehead atoms. The van der Waals surface area contributed by atoms with Gasteiger partial charge in [-0.25, -0.2) is 9.48 Å². The largest absolute Gasteiger partial charge is 0.350 e. The minimum atomic E-state index is -0.251. The summed E-state index contributed by atoms with van der Waals surface area (Å²) in [6.07, 6.45) is 2.71. The van der Waals surface area contributed by atoms with Crippen molar-refractivity contribution in [3.05, 3.63) is 70.3 Å². The summed E-state index contributed by atoms with van der Waals surface area (Å²) in [6.45, 7) is 2.48.